The van der Waals surface area contributed by atoms with E-state index in [0.29, 0.717) is 16.6 Å². The highest BCUT2D eigenvalue weighted by Gasteiger charge is 2.36. The third kappa shape index (κ3) is 8.63. The molecule has 0 radical (unpaired) electrons. The van der Waals surface area contributed by atoms with Gasteiger partial charge in [-0.1, -0.05) is 97.0 Å². The Morgan fingerprint density at radius 2 is 1.79 bits per heavy atom. The lowest BCUT2D eigenvalue weighted by Crippen LogP contribution is -2.39. The molecule has 1 heterocycles. The summed E-state index contributed by atoms with van der Waals surface area (Å²) in [5.74, 6) is 3.90. The van der Waals surface area contributed by atoms with E-state index in [1.54, 1.807) is 7.11 Å². The number of rotatable bonds is 14. The highest BCUT2D eigenvalue weighted by atomic mass is 32.2. The first-order valence-corrected chi connectivity index (χ1v) is 16.0. The number of nitriles is 1. The molecule has 4 nitrogen and oxygen atoms in total. The number of nitrogens with zero attached hydrogens (tertiary/aromatic N) is 2. The van der Waals surface area contributed by atoms with E-state index in [1.165, 1.54) is 44.9 Å². The molecule has 1 aliphatic heterocycles. The van der Waals surface area contributed by atoms with Crippen molar-refractivity contribution in [3.8, 4) is 11.8 Å². The number of fused-ring (bicyclic) bond motifs is 1. The molecule has 3 rings (SSSR count). The molecule has 2 aromatic carbocycles. The highest BCUT2D eigenvalue weighted by molar-refractivity contribution is 8.00. The van der Waals surface area contributed by atoms with Gasteiger partial charge >= 0.3 is 0 Å². The molecule has 212 valence electrons. The van der Waals surface area contributed by atoms with Gasteiger partial charge in [0.05, 0.1) is 34.7 Å². The van der Waals surface area contributed by atoms with E-state index in [-0.39, 0.29) is 5.37 Å². The maximum absolute atomic E-state index is 9.32. The van der Waals surface area contributed by atoms with E-state index in [1.807, 2.05) is 48.2 Å². The van der Waals surface area contributed by atoms with Crippen LogP contribution in [0.1, 0.15) is 91.5 Å². The zero-order chi connectivity index (χ0) is 28.4. The fourth-order valence-electron chi connectivity index (χ4n) is 5.59. The molecule has 2 aromatic rings. The molecule has 1 aliphatic rings. The number of benzene rings is 2. The maximum Gasteiger partial charge on any atom is 0.178 e. The SMILES string of the molecule is CCCC(CCC(C)CC1Sc2c(OC)cccc2N1C(=S)Nc1cccc(C#N)c1)C(C)CCC(C)CC. The fourth-order valence-corrected chi connectivity index (χ4v) is 7.58. The van der Waals surface area contributed by atoms with Crippen LogP contribution in [-0.2, 0) is 0 Å². The van der Waals surface area contributed by atoms with Crippen LogP contribution >= 0.6 is 24.0 Å². The second-order valence-electron chi connectivity index (χ2n) is 11.4. The number of thiocarbonyl (C=S) groups is 1. The van der Waals surface area contributed by atoms with Gasteiger partial charge in [-0.05, 0) is 79.1 Å². The maximum atomic E-state index is 9.32. The highest BCUT2D eigenvalue weighted by Crippen LogP contribution is 2.50. The van der Waals surface area contributed by atoms with Gasteiger partial charge in [-0.15, -0.1) is 0 Å². The first-order valence-electron chi connectivity index (χ1n) is 14.7. The molecule has 0 aliphatic carbocycles. The molecule has 0 spiro atoms. The van der Waals surface area contributed by atoms with Crippen molar-refractivity contribution in [1.29, 1.82) is 5.26 Å². The lowest BCUT2D eigenvalue weighted by Gasteiger charge is -2.30. The Hall–Kier alpha value is -2.23. The quantitative estimate of drug-likeness (QED) is 0.230. The number of hydrogen-bond donors (Lipinski definition) is 1. The molecule has 5 unspecified atom stereocenters. The number of hydrogen-bond acceptors (Lipinski definition) is 4. The van der Waals surface area contributed by atoms with Gasteiger partial charge in [0.25, 0.3) is 0 Å². The van der Waals surface area contributed by atoms with Crippen molar-refractivity contribution in [3.05, 3.63) is 48.0 Å². The molecule has 0 amide bonds. The van der Waals surface area contributed by atoms with Gasteiger partial charge in [0, 0.05) is 5.69 Å². The van der Waals surface area contributed by atoms with Crippen LogP contribution in [0.2, 0.25) is 0 Å². The van der Waals surface area contributed by atoms with Crippen molar-refractivity contribution in [2.45, 2.75) is 96.3 Å². The molecular formula is C33H47N3OS2. The predicted octanol–water partition coefficient (Wildman–Crippen LogP) is 9.89. The Bertz CT molecular complexity index is 1110. The lowest BCUT2D eigenvalue weighted by molar-refractivity contribution is 0.257. The molecule has 0 saturated heterocycles. The predicted molar refractivity (Wildman–Crippen MR) is 172 cm³/mol. The standard InChI is InChI=1S/C33H47N3OS2/c1-7-11-27(25(5)18-16-23(3)8-2)19-17-24(4)20-31-36(29-14-10-15-30(37-6)32(29)39-31)33(38)35-28-13-9-12-26(21-28)22-34/h9-10,12-15,21,23-25,27,31H,7-8,11,16-20H2,1-6H3,(H,35,38). The van der Waals surface area contributed by atoms with E-state index in [2.05, 4.69) is 57.0 Å². The van der Waals surface area contributed by atoms with Crippen molar-refractivity contribution in [2.75, 3.05) is 17.3 Å². The van der Waals surface area contributed by atoms with Gasteiger partial charge in [-0.2, -0.15) is 5.26 Å². The van der Waals surface area contributed by atoms with E-state index < -0.39 is 0 Å². The van der Waals surface area contributed by atoms with Crippen LogP contribution < -0.4 is 15.0 Å². The van der Waals surface area contributed by atoms with Gasteiger partial charge < -0.3 is 15.0 Å². The Morgan fingerprint density at radius 3 is 2.49 bits per heavy atom. The van der Waals surface area contributed by atoms with E-state index in [4.69, 9.17) is 17.0 Å². The molecule has 6 heteroatoms. The molecule has 39 heavy (non-hydrogen) atoms. The van der Waals surface area contributed by atoms with Gasteiger partial charge in [0.1, 0.15) is 5.75 Å². The fraction of sp³-hybridized carbons (Fsp3) is 0.576. The van der Waals surface area contributed by atoms with Gasteiger partial charge in [0.15, 0.2) is 5.11 Å². The minimum atomic E-state index is 0.193. The minimum Gasteiger partial charge on any atom is -0.496 e. The number of thioether (sulfide) groups is 1. The topological polar surface area (TPSA) is 48.3 Å². The smallest absolute Gasteiger partial charge is 0.178 e. The molecule has 0 aromatic heterocycles. The average Bonchev–Trinajstić information content (AvgIpc) is 3.31. The van der Waals surface area contributed by atoms with Crippen LogP contribution in [0, 0.1) is 35.0 Å². The number of methoxy groups -OCH3 is 1. The first-order chi connectivity index (χ1) is 18.8. The summed E-state index contributed by atoms with van der Waals surface area (Å²) in [7, 11) is 1.73. The number of ether oxygens (including phenoxy) is 1. The average molecular weight is 566 g/mol. The Kier molecular flexibility index (Phi) is 12.5. The van der Waals surface area contributed by atoms with Crippen molar-refractivity contribution >= 4 is 40.5 Å². The van der Waals surface area contributed by atoms with Crippen LogP contribution in [-0.4, -0.2) is 17.6 Å². The molecule has 0 fully saturated rings. The van der Waals surface area contributed by atoms with Crippen molar-refractivity contribution < 1.29 is 4.74 Å². The summed E-state index contributed by atoms with van der Waals surface area (Å²) < 4.78 is 5.72. The third-order valence-corrected chi connectivity index (χ3v) is 9.97. The molecular weight excluding hydrogens is 519 g/mol. The van der Waals surface area contributed by atoms with Gasteiger partial charge in [0.2, 0.25) is 0 Å². The molecule has 5 atom stereocenters. The summed E-state index contributed by atoms with van der Waals surface area (Å²) in [6.07, 6.45) is 10.2. The van der Waals surface area contributed by atoms with Crippen LogP contribution in [0.25, 0.3) is 0 Å². The summed E-state index contributed by atoms with van der Waals surface area (Å²) in [6.45, 7) is 11.9. The van der Waals surface area contributed by atoms with Crippen molar-refractivity contribution in [1.82, 2.24) is 0 Å². The summed E-state index contributed by atoms with van der Waals surface area (Å²) in [6, 6.07) is 15.9. The normalized spacial score (nSPS) is 17.6. The minimum absolute atomic E-state index is 0.193. The van der Waals surface area contributed by atoms with E-state index in [0.717, 1.165) is 46.2 Å². The second-order valence-corrected chi connectivity index (χ2v) is 13.0. The summed E-state index contributed by atoms with van der Waals surface area (Å²) in [5, 5.41) is 13.6. The monoisotopic (exact) mass is 565 g/mol. The number of anilines is 2. The van der Waals surface area contributed by atoms with Crippen LogP contribution in [0.15, 0.2) is 47.4 Å². The largest absolute Gasteiger partial charge is 0.496 e. The van der Waals surface area contributed by atoms with Crippen molar-refractivity contribution in [3.63, 3.8) is 0 Å². The summed E-state index contributed by atoms with van der Waals surface area (Å²) >= 11 is 7.83. The molecule has 0 saturated carbocycles. The number of nitrogens with one attached hydrogen (secondary N) is 1. The summed E-state index contributed by atoms with van der Waals surface area (Å²) in [4.78, 5) is 3.40. The van der Waals surface area contributed by atoms with Crippen LogP contribution in [0.4, 0.5) is 11.4 Å². The van der Waals surface area contributed by atoms with E-state index >= 15 is 0 Å². The second kappa shape index (κ2) is 15.5. The lowest BCUT2D eigenvalue weighted by atomic mass is 9.80. The van der Waals surface area contributed by atoms with Gasteiger partial charge in [-0.3, -0.25) is 0 Å². The summed E-state index contributed by atoms with van der Waals surface area (Å²) in [5.41, 5.74) is 2.54. The Balaban J connectivity index is 1.71. The first kappa shape index (κ1) is 31.3. The van der Waals surface area contributed by atoms with Gasteiger partial charge in [-0.25, -0.2) is 0 Å². The molecule has 0 bridgehead atoms. The Labute approximate surface area is 246 Å². The van der Waals surface area contributed by atoms with E-state index in [9.17, 15) is 5.26 Å². The zero-order valence-corrected chi connectivity index (χ0v) is 26.3. The Morgan fingerprint density at radius 1 is 1.05 bits per heavy atom. The molecule has 1 N–H and O–H groups in total. The van der Waals surface area contributed by atoms with Crippen LogP contribution in [0.5, 0.6) is 5.75 Å². The zero-order valence-electron chi connectivity index (χ0n) is 24.7. The van der Waals surface area contributed by atoms with Crippen molar-refractivity contribution in [2.24, 2.45) is 23.7 Å². The van der Waals surface area contributed by atoms with Crippen LogP contribution in [0.3, 0.4) is 0 Å². The third-order valence-electron chi connectivity index (χ3n) is 8.35.